The summed E-state index contributed by atoms with van der Waals surface area (Å²) >= 11 is 12.4. The molecular formula is C15H11Cl2N5O5. The van der Waals surface area contributed by atoms with Crippen LogP contribution in [0.25, 0.3) is 11.3 Å². The van der Waals surface area contributed by atoms with Crippen molar-refractivity contribution in [2.24, 2.45) is 0 Å². The summed E-state index contributed by atoms with van der Waals surface area (Å²) in [4.78, 5) is 36.6. The van der Waals surface area contributed by atoms with Crippen LogP contribution in [-0.4, -0.2) is 30.5 Å². The van der Waals surface area contributed by atoms with Crippen molar-refractivity contribution in [3.8, 4) is 22.9 Å². The van der Waals surface area contributed by atoms with E-state index in [0.717, 1.165) is 0 Å². The van der Waals surface area contributed by atoms with E-state index < -0.39 is 22.9 Å². The fourth-order valence-electron chi connectivity index (χ4n) is 2.21. The number of H-pyrrole nitrogens is 3. The summed E-state index contributed by atoms with van der Waals surface area (Å²) in [6.45, 7) is 1.41. The van der Waals surface area contributed by atoms with E-state index in [4.69, 9.17) is 27.9 Å². The predicted octanol–water partition coefficient (Wildman–Crippen LogP) is 1.36. The maximum Gasteiger partial charge on any atom is 0.342 e. The Morgan fingerprint density at radius 1 is 1.04 bits per heavy atom. The Morgan fingerprint density at radius 2 is 1.70 bits per heavy atom. The molecule has 10 nitrogen and oxygen atoms in total. The lowest BCUT2D eigenvalue weighted by molar-refractivity contribution is 0.196. The SMILES string of the molecule is CC(O)c1cc(Oc2c(Cl)cc(-c3n[nH]c(=O)[nH]c3=O)cc2Cl)n[nH]c1=O. The Balaban J connectivity index is 2.01. The van der Waals surface area contributed by atoms with Gasteiger partial charge in [0.2, 0.25) is 5.88 Å². The van der Waals surface area contributed by atoms with Gasteiger partial charge in [-0.05, 0) is 19.1 Å². The van der Waals surface area contributed by atoms with E-state index in [0.29, 0.717) is 0 Å². The first kappa shape index (κ1) is 18.8. The van der Waals surface area contributed by atoms with Crippen LogP contribution in [0.5, 0.6) is 11.6 Å². The van der Waals surface area contributed by atoms with E-state index in [9.17, 15) is 19.5 Å². The first-order valence-corrected chi connectivity index (χ1v) is 8.16. The van der Waals surface area contributed by atoms with Crippen molar-refractivity contribution >= 4 is 23.2 Å². The van der Waals surface area contributed by atoms with Crippen LogP contribution in [0, 0.1) is 0 Å². The Morgan fingerprint density at radius 3 is 2.30 bits per heavy atom. The molecule has 3 rings (SSSR count). The summed E-state index contributed by atoms with van der Waals surface area (Å²) in [5, 5.41) is 21.3. The van der Waals surface area contributed by atoms with Crippen LogP contribution in [0.1, 0.15) is 18.6 Å². The lowest BCUT2D eigenvalue weighted by Gasteiger charge is -2.11. The third-order valence-corrected chi connectivity index (χ3v) is 4.01. The lowest BCUT2D eigenvalue weighted by atomic mass is 10.1. The minimum atomic E-state index is -1.04. The van der Waals surface area contributed by atoms with Crippen LogP contribution in [0.2, 0.25) is 10.0 Å². The number of aromatic nitrogens is 5. The highest BCUT2D eigenvalue weighted by Crippen LogP contribution is 2.38. The van der Waals surface area contributed by atoms with Crippen molar-refractivity contribution in [2.75, 3.05) is 0 Å². The van der Waals surface area contributed by atoms with Crippen LogP contribution in [0.4, 0.5) is 0 Å². The van der Waals surface area contributed by atoms with Gasteiger partial charge in [0.05, 0.1) is 21.7 Å². The summed E-state index contributed by atoms with van der Waals surface area (Å²) in [5.74, 6) is -0.0407. The predicted molar refractivity (Wildman–Crippen MR) is 96.5 cm³/mol. The Labute approximate surface area is 159 Å². The molecule has 0 amide bonds. The molecule has 4 N–H and O–H groups in total. The molecule has 1 atom stereocenters. The molecule has 0 spiro atoms. The molecule has 12 heteroatoms. The maximum absolute atomic E-state index is 11.8. The van der Waals surface area contributed by atoms with Gasteiger partial charge < -0.3 is 9.84 Å². The molecule has 2 heterocycles. The van der Waals surface area contributed by atoms with Gasteiger partial charge in [0, 0.05) is 11.6 Å². The van der Waals surface area contributed by atoms with E-state index in [1.807, 2.05) is 4.98 Å². The molecule has 0 fully saturated rings. The Kier molecular flexibility index (Phi) is 5.13. The molecule has 140 valence electrons. The zero-order valence-electron chi connectivity index (χ0n) is 13.5. The zero-order chi connectivity index (χ0) is 19.7. The van der Waals surface area contributed by atoms with Crippen LogP contribution in [0.3, 0.4) is 0 Å². The number of halogens is 2. The second-order valence-electron chi connectivity index (χ2n) is 5.39. The third-order valence-electron chi connectivity index (χ3n) is 3.45. The van der Waals surface area contributed by atoms with Crippen LogP contribution >= 0.6 is 23.2 Å². The molecular weight excluding hydrogens is 401 g/mol. The monoisotopic (exact) mass is 411 g/mol. The van der Waals surface area contributed by atoms with Gasteiger partial charge in [0.15, 0.2) is 11.4 Å². The summed E-state index contributed by atoms with van der Waals surface area (Å²) in [7, 11) is 0. The topological polar surface area (TPSA) is 154 Å². The van der Waals surface area contributed by atoms with Gasteiger partial charge in [-0.2, -0.15) is 5.10 Å². The number of aliphatic hydroxyl groups excluding tert-OH is 1. The van der Waals surface area contributed by atoms with Gasteiger partial charge in [-0.25, -0.2) is 15.0 Å². The van der Waals surface area contributed by atoms with E-state index in [2.05, 4.69) is 20.4 Å². The molecule has 0 aliphatic heterocycles. The average Bonchev–Trinajstić information content (AvgIpc) is 2.59. The molecule has 0 aliphatic carbocycles. The van der Waals surface area contributed by atoms with Gasteiger partial charge in [0.25, 0.3) is 11.1 Å². The van der Waals surface area contributed by atoms with E-state index in [-0.39, 0.29) is 38.5 Å². The van der Waals surface area contributed by atoms with Crippen molar-refractivity contribution in [1.29, 1.82) is 0 Å². The largest absolute Gasteiger partial charge is 0.434 e. The molecule has 27 heavy (non-hydrogen) atoms. The number of rotatable bonds is 4. The first-order valence-electron chi connectivity index (χ1n) is 7.40. The van der Waals surface area contributed by atoms with Crippen molar-refractivity contribution in [1.82, 2.24) is 25.4 Å². The first-order chi connectivity index (χ1) is 12.8. The zero-order valence-corrected chi connectivity index (χ0v) is 15.1. The number of aromatic amines is 3. The van der Waals surface area contributed by atoms with E-state index >= 15 is 0 Å². The average molecular weight is 412 g/mol. The normalized spacial score (nSPS) is 12.0. The highest BCUT2D eigenvalue weighted by atomic mass is 35.5. The van der Waals surface area contributed by atoms with Crippen LogP contribution in [-0.2, 0) is 0 Å². The standard InChI is InChI=1S/C15H11Cl2N5O5/c1-5(23)7-4-10(19-21-13(7)24)27-12-8(16)2-6(3-9(12)17)11-14(25)18-15(26)22-20-11/h2-5,23H,1H3,(H,21,24)(H2,18,22,25,26). The molecule has 0 saturated heterocycles. The molecule has 2 aromatic heterocycles. The van der Waals surface area contributed by atoms with E-state index in [1.54, 1.807) is 0 Å². The second-order valence-corrected chi connectivity index (χ2v) is 6.21. The fourth-order valence-corrected chi connectivity index (χ4v) is 2.77. The van der Waals surface area contributed by atoms with Crippen LogP contribution < -0.4 is 21.5 Å². The Hall–Kier alpha value is -2.95. The van der Waals surface area contributed by atoms with Crippen molar-refractivity contribution in [2.45, 2.75) is 13.0 Å². The fraction of sp³-hybridized carbons (Fsp3) is 0.133. The number of ether oxygens (including phenoxy) is 1. The molecule has 0 aliphatic rings. The highest BCUT2D eigenvalue weighted by Gasteiger charge is 2.17. The lowest BCUT2D eigenvalue weighted by Crippen LogP contribution is -2.25. The highest BCUT2D eigenvalue weighted by molar-refractivity contribution is 6.37. The van der Waals surface area contributed by atoms with Crippen LogP contribution in [0.15, 0.2) is 32.6 Å². The number of benzene rings is 1. The second kappa shape index (κ2) is 7.35. The Bertz CT molecular complexity index is 1160. The van der Waals surface area contributed by atoms with Crippen molar-refractivity contribution in [3.63, 3.8) is 0 Å². The molecule has 1 aromatic carbocycles. The van der Waals surface area contributed by atoms with Crippen molar-refractivity contribution < 1.29 is 9.84 Å². The minimum absolute atomic E-state index is 0.0130. The number of hydrogen-bond acceptors (Lipinski definition) is 7. The van der Waals surface area contributed by atoms with Gasteiger partial charge >= 0.3 is 5.69 Å². The summed E-state index contributed by atoms with van der Waals surface area (Å²) < 4.78 is 5.51. The van der Waals surface area contributed by atoms with Gasteiger partial charge in [-0.3, -0.25) is 14.6 Å². The quantitative estimate of drug-likeness (QED) is 0.505. The summed E-state index contributed by atoms with van der Waals surface area (Å²) in [6.07, 6.45) is -1.04. The molecule has 0 bridgehead atoms. The molecule has 0 radical (unpaired) electrons. The smallest absolute Gasteiger partial charge is 0.342 e. The minimum Gasteiger partial charge on any atom is -0.434 e. The number of hydrogen-bond donors (Lipinski definition) is 4. The number of nitrogens with zero attached hydrogens (tertiary/aromatic N) is 2. The van der Waals surface area contributed by atoms with Gasteiger partial charge in [0.1, 0.15) is 0 Å². The number of nitrogens with one attached hydrogen (secondary N) is 3. The maximum atomic E-state index is 11.8. The van der Waals surface area contributed by atoms with E-state index in [1.165, 1.54) is 25.1 Å². The molecule has 1 unspecified atom stereocenters. The number of aliphatic hydroxyl groups is 1. The van der Waals surface area contributed by atoms with Crippen molar-refractivity contribution in [3.05, 3.63) is 65.0 Å². The van der Waals surface area contributed by atoms with Gasteiger partial charge in [-0.15, -0.1) is 5.10 Å². The third kappa shape index (κ3) is 3.92. The summed E-state index contributed by atoms with van der Waals surface area (Å²) in [6, 6.07) is 3.97. The van der Waals surface area contributed by atoms with Gasteiger partial charge in [-0.1, -0.05) is 23.2 Å². The summed E-state index contributed by atoms with van der Waals surface area (Å²) in [5.41, 5.74) is -1.83. The molecule has 3 aromatic rings. The molecule has 0 saturated carbocycles.